The van der Waals surface area contributed by atoms with Crippen molar-refractivity contribution < 1.29 is 30.0 Å². The number of carbonyl (C=O) groups excluding carboxylic acids is 2. The van der Waals surface area contributed by atoms with Crippen molar-refractivity contribution in [2.45, 2.75) is 11.7 Å². The highest BCUT2D eigenvalue weighted by atomic mass is 16.4. The molecule has 6 heteroatoms. The summed E-state index contributed by atoms with van der Waals surface area (Å²) in [5, 5.41) is 39.5. The lowest BCUT2D eigenvalue weighted by Crippen LogP contribution is -2.53. The van der Waals surface area contributed by atoms with Crippen LogP contribution in [0, 0.1) is 0 Å². The maximum Gasteiger partial charge on any atom is 0.198 e. The molecule has 0 aromatic heterocycles. The quantitative estimate of drug-likeness (QED) is 0.574. The number of carbonyl (C=O) groups is 2. The standard InChI is InChI=1S/C15H12O6/c16-6-15(21)10(18)5-9(17)11-12(15)14(20)8-4-2-1-3-7(8)13(11)19/h1-5,10,16-18,21H,6H2. The summed E-state index contributed by atoms with van der Waals surface area (Å²) < 4.78 is 0. The molecule has 2 atom stereocenters. The minimum Gasteiger partial charge on any atom is -0.507 e. The van der Waals surface area contributed by atoms with E-state index in [1.807, 2.05) is 0 Å². The molecule has 1 aromatic rings. The fraction of sp³-hybridized carbons (Fsp3) is 0.200. The Hall–Kier alpha value is -2.28. The molecule has 0 fully saturated rings. The van der Waals surface area contributed by atoms with Crippen LogP contribution in [0.1, 0.15) is 20.7 Å². The number of Topliss-reactive ketones (excluding diaryl/α,β-unsaturated/α-hetero) is 2. The predicted octanol–water partition coefficient (Wildman–Crippen LogP) is -0.0980. The number of aliphatic hydroxyl groups excluding tert-OH is 3. The Morgan fingerprint density at radius 3 is 2.24 bits per heavy atom. The van der Waals surface area contributed by atoms with Crippen molar-refractivity contribution in [3.05, 3.63) is 58.4 Å². The van der Waals surface area contributed by atoms with Crippen molar-refractivity contribution in [3.63, 3.8) is 0 Å². The van der Waals surface area contributed by atoms with Crippen LogP contribution in [0.15, 0.2) is 47.2 Å². The van der Waals surface area contributed by atoms with Gasteiger partial charge >= 0.3 is 0 Å². The van der Waals surface area contributed by atoms with E-state index in [1.165, 1.54) is 12.1 Å². The topological polar surface area (TPSA) is 115 Å². The van der Waals surface area contributed by atoms with E-state index in [-0.39, 0.29) is 16.7 Å². The number of rotatable bonds is 1. The Morgan fingerprint density at radius 1 is 1.10 bits per heavy atom. The molecular weight excluding hydrogens is 276 g/mol. The van der Waals surface area contributed by atoms with E-state index >= 15 is 0 Å². The number of hydrogen-bond donors (Lipinski definition) is 4. The van der Waals surface area contributed by atoms with Crippen molar-refractivity contribution in [1.82, 2.24) is 0 Å². The maximum atomic E-state index is 12.5. The molecule has 108 valence electrons. The monoisotopic (exact) mass is 288 g/mol. The van der Waals surface area contributed by atoms with E-state index in [9.17, 15) is 30.0 Å². The third kappa shape index (κ3) is 1.64. The molecule has 21 heavy (non-hydrogen) atoms. The van der Waals surface area contributed by atoms with Gasteiger partial charge in [-0.2, -0.15) is 0 Å². The van der Waals surface area contributed by atoms with Gasteiger partial charge in [-0.25, -0.2) is 0 Å². The van der Waals surface area contributed by atoms with Crippen molar-refractivity contribution >= 4 is 11.6 Å². The zero-order chi connectivity index (χ0) is 15.4. The Bertz CT molecular complexity index is 729. The molecule has 0 heterocycles. The van der Waals surface area contributed by atoms with Crippen LogP contribution < -0.4 is 0 Å². The molecule has 3 rings (SSSR count). The zero-order valence-electron chi connectivity index (χ0n) is 10.8. The van der Waals surface area contributed by atoms with E-state index in [4.69, 9.17) is 0 Å². The summed E-state index contributed by atoms with van der Waals surface area (Å²) >= 11 is 0. The highest BCUT2D eigenvalue weighted by molar-refractivity contribution is 6.29. The highest BCUT2D eigenvalue weighted by Crippen LogP contribution is 2.40. The van der Waals surface area contributed by atoms with Gasteiger partial charge in [0.25, 0.3) is 0 Å². The van der Waals surface area contributed by atoms with E-state index < -0.39 is 41.2 Å². The average Bonchev–Trinajstić information content (AvgIpc) is 2.48. The average molecular weight is 288 g/mol. The summed E-state index contributed by atoms with van der Waals surface area (Å²) in [4.78, 5) is 25.0. The highest BCUT2D eigenvalue weighted by Gasteiger charge is 2.51. The smallest absolute Gasteiger partial charge is 0.198 e. The van der Waals surface area contributed by atoms with Crippen molar-refractivity contribution in [2.24, 2.45) is 0 Å². The minimum absolute atomic E-state index is 0.0648. The first-order chi connectivity index (χ1) is 9.91. The van der Waals surface area contributed by atoms with Crippen LogP contribution in [0.2, 0.25) is 0 Å². The van der Waals surface area contributed by atoms with E-state index in [2.05, 4.69) is 0 Å². The number of allylic oxidation sites excluding steroid dienone is 1. The lowest BCUT2D eigenvalue weighted by molar-refractivity contribution is -0.0611. The first kappa shape index (κ1) is 13.7. The lowest BCUT2D eigenvalue weighted by Gasteiger charge is -2.37. The van der Waals surface area contributed by atoms with E-state index in [1.54, 1.807) is 12.1 Å². The fourth-order valence-electron chi connectivity index (χ4n) is 2.72. The van der Waals surface area contributed by atoms with Gasteiger partial charge in [0, 0.05) is 11.1 Å². The van der Waals surface area contributed by atoms with Crippen LogP contribution in [0.5, 0.6) is 0 Å². The van der Waals surface area contributed by atoms with Crippen molar-refractivity contribution in [1.29, 1.82) is 0 Å². The molecule has 0 amide bonds. The largest absolute Gasteiger partial charge is 0.507 e. The lowest BCUT2D eigenvalue weighted by atomic mass is 9.71. The van der Waals surface area contributed by atoms with Gasteiger partial charge in [-0.3, -0.25) is 9.59 Å². The summed E-state index contributed by atoms with van der Waals surface area (Å²) in [5.74, 6) is -1.91. The maximum absolute atomic E-state index is 12.5. The van der Waals surface area contributed by atoms with E-state index in [0.29, 0.717) is 0 Å². The van der Waals surface area contributed by atoms with Crippen LogP contribution in [0.25, 0.3) is 0 Å². The summed E-state index contributed by atoms with van der Waals surface area (Å²) in [6.07, 6.45) is -0.850. The molecule has 4 N–H and O–H groups in total. The number of ketones is 2. The second kappa shape index (κ2) is 4.36. The molecule has 0 saturated heterocycles. The molecule has 0 aliphatic heterocycles. The summed E-state index contributed by atoms with van der Waals surface area (Å²) in [5.41, 5.74) is -2.99. The molecule has 2 aliphatic carbocycles. The third-order valence-corrected chi connectivity index (χ3v) is 3.86. The van der Waals surface area contributed by atoms with Crippen LogP contribution in [-0.2, 0) is 0 Å². The van der Waals surface area contributed by atoms with Gasteiger partial charge < -0.3 is 20.4 Å². The second-order valence-electron chi connectivity index (χ2n) is 5.03. The first-order valence-corrected chi connectivity index (χ1v) is 6.27. The molecule has 0 saturated carbocycles. The Labute approximate surface area is 119 Å². The Balaban J connectivity index is 2.33. The zero-order valence-corrected chi connectivity index (χ0v) is 10.8. The molecule has 6 nitrogen and oxygen atoms in total. The molecule has 2 unspecified atom stereocenters. The number of hydrogen-bond acceptors (Lipinski definition) is 6. The third-order valence-electron chi connectivity index (χ3n) is 3.86. The van der Waals surface area contributed by atoms with Crippen molar-refractivity contribution in [2.75, 3.05) is 6.61 Å². The first-order valence-electron chi connectivity index (χ1n) is 6.27. The van der Waals surface area contributed by atoms with Gasteiger partial charge in [-0.05, 0) is 6.08 Å². The molecule has 0 radical (unpaired) electrons. The number of aliphatic hydroxyl groups is 4. The molecule has 0 spiro atoms. The fourth-order valence-corrected chi connectivity index (χ4v) is 2.72. The molecule has 2 aliphatic rings. The van der Waals surface area contributed by atoms with Gasteiger partial charge in [0.15, 0.2) is 11.6 Å². The minimum atomic E-state index is -2.32. The van der Waals surface area contributed by atoms with Gasteiger partial charge in [0.05, 0.1) is 17.8 Å². The predicted molar refractivity (Wildman–Crippen MR) is 70.9 cm³/mol. The van der Waals surface area contributed by atoms with Gasteiger partial charge in [0.2, 0.25) is 0 Å². The number of fused-ring (bicyclic) bond motifs is 1. The van der Waals surface area contributed by atoms with Crippen LogP contribution in [0.4, 0.5) is 0 Å². The molecular formula is C15H12O6. The Kier molecular flexibility index (Phi) is 2.84. The van der Waals surface area contributed by atoms with E-state index in [0.717, 1.165) is 6.08 Å². The summed E-state index contributed by atoms with van der Waals surface area (Å²) in [7, 11) is 0. The van der Waals surface area contributed by atoms with Gasteiger partial charge in [0.1, 0.15) is 17.5 Å². The summed E-state index contributed by atoms with van der Waals surface area (Å²) in [6.45, 7) is -0.960. The normalized spacial score (nSPS) is 28.1. The number of benzene rings is 1. The molecule has 0 bridgehead atoms. The summed E-state index contributed by atoms with van der Waals surface area (Å²) in [6, 6.07) is 5.99. The van der Waals surface area contributed by atoms with Crippen LogP contribution >= 0.6 is 0 Å². The Morgan fingerprint density at radius 2 is 1.67 bits per heavy atom. The van der Waals surface area contributed by atoms with Gasteiger partial charge in [-0.15, -0.1) is 0 Å². The molecule has 1 aromatic carbocycles. The van der Waals surface area contributed by atoms with Crippen LogP contribution in [0.3, 0.4) is 0 Å². The second-order valence-corrected chi connectivity index (χ2v) is 5.03. The van der Waals surface area contributed by atoms with Gasteiger partial charge in [-0.1, -0.05) is 24.3 Å². The van der Waals surface area contributed by atoms with Crippen molar-refractivity contribution in [3.8, 4) is 0 Å². The SMILES string of the molecule is O=C1C2=C(C(=O)c3ccccc31)C(O)(CO)C(O)C=C2O. The van der Waals surface area contributed by atoms with Crippen LogP contribution in [-0.4, -0.2) is 50.3 Å².